The van der Waals surface area contributed by atoms with E-state index >= 15 is 0 Å². The maximum atomic E-state index is 12.4. The Bertz CT molecular complexity index is 496. The zero-order valence-corrected chi connectivity index (χ0v) is 14.6. The molecule has 21 heavy (non-hydrogen) atoms. The Hall–Kier alpha value is -1.03. The maximum Gasteiger partial charge on any atom is 0.263 e. The van der Waals surface area contributed by atoms with E-state index in [9.17, 15) is 4.79 Å². The lowest BCUT2D eigenvalue weighted by molar-refractivity contribution is -0.138. The summed E-state index contributed by atoms with van der Waals surface area (Å²) < 4.78 is 7.00. The topological polar surface area (TPSA) is 29.5 Å². The number of rotatable bonds is 4. The molecule has 1 amide bonds. The van der Waals surface area contributed by atoms with Crippen LogP contribution in [0.2, 0.25) is 0 Å². The third kappa shape index (κ3) is 4.22. The monoisotopic (exact) mass is 353 g/mol. The van der Waals surface area contributed by atoms with Gasteiger partial charge in [0, 0.05) is 17.6 Å². The van der Waals surface area contributed by atoms with Crippen LogP contribution >= 0.6 is 15.9 Å². The summed E-state index contributed by atoms with van der Waals surface area (Å²) in [6.07, 6.45) is 3.01. The van der Waals surface area contributed by atoms with Crippen molar-refractivity contribution in [3.8, 4) is 5.75 Å². The second-order valence-electron chi connectivity index (χ2n) is 5.98. The molecule has 0 spiro atoms. The molecule has 1 aliphatic rings. The van der Waals surface area contributed by atoms with Gasteiger partial charge in [-0.25, -0.2) is 0 Å². The molecule has 0 radical (unpaired) electrons. The Balaban J connectivity index is 2.08. The normalized spacial score (nSPS) is 16.9. The fourth-order valence-corrected chi connectivity index (χ4v) is 3.07. The molecule has 0 saturated carbocycles. The summed E-state index contributed by atoms with van der Waals surface area (Å²) >= 11 is 3.49. The highest BCUT2D eigenvalue weighted by molar-refractivity contribution is 9.10. The summed E-state index contributed by atoms with van der Waals surface area (Å²) in [4.78, 5) is 14.4. The van der Waals surface area contributed by atoms with Gasteiger partial charge in [0.15, 0.2) is 6.10 Å². The van der Waals surface area contributed by atoms with E-state index < -0.39 is 6.10 Å². The van der Waals surface area contributed by atoms with Gasteiger partial charge >= 0.3 is 0 Å². The zero-order valence-electron chi connectivity index (χ0n) is 13.1. The molecule has 1 heterocycles. The van der Waals surface area contributed by atoms with Crippen LogP contribution in [-0.2, 0) is 4.79 Å². The number of piperidine rings is 1. The lowest BCUT2D eigenvalue weighted by atomic mass is 10.0. The third-order valence-corrected chi connectivity index (χ3v) is 4.41. The average molecular weight is 354 g/mol. The fraction of sp³-hybridized carbons (Fsp3) is 0.588. The number of halogens is 1. The van der Waals surface area contributed by atoms with Crippen molar-refractivity contribution in [3.63, 3.8) is 0 Å². The zero-order chi connectivity index (χ0) is 15.4. The second-order valence-corrected chi connectivity index (χ2v) is 6.90. The van der Waals surface area contributed by atoms with Crippen LogP contribution in [0.3, 0.4) is 0 Å². The molecule has 0 aliphatic carbocycles. The lowest BCUT2D eigenvalue weighted by Crippen LogP contribution is -2.43. The Morgan fingerprint density at radius 1 is 1.19 bits per heavy atom. The van der Waals surface area contributed by atoms with E-state index in [0.717, 1.165) is 41.7 Å². The first-order valence-electron chi connectivity index (χ1n) is 7.74. The van der Waals surface area contributed by atoms with E-state index in [0.29, 0.717) is 5.92 Å². The predicted octanol–water partition coefficient (Wildman–Crippen LogP) is 4.35. The van der Waals surface area contributed by atoms with Crippen LogP contribution in [0, 0.1) is 0 Å². The van der Waals surface area contributed by atoms with Crippen molar-refractivity contribution in [2.45, 2.75) is 52.1 Å². The quantitative estimate of drug-likeness (QED) is 0.804. The number of ether oxygens (including phenoxy) is 1. The molecular formula is C17H24BrNO2. The van der Waals surface area contributed by atoms with E-state index in [-0.39, 0.29) is 5.91 Å². The van der Waals surface area contributed by atoms with Crippen molar-refractivity contribution in [2.75, 3.05) is 13.1 Å². The number of hydrogen-bond donors (Lipinski definition) is 0. The van der Waals surface area contributed by atoms with E-state index in [1.807, 2.05) is 24.0 Å². The van der Waals surface area contributed by atoms with Crippen LogP contribution in [0.4, 0.5) is 0 Å². The molecule has 1 saturated heterocycles. The summed E-state index contributed by atoms with van der Waals surface area (Å²) in [5.74, 6) is 1.27. The first kappa shape index (κ1) is 16.3. The maximum absolute atomic E-state index is 12.4. The minimum atomic E-state index is -0.429. The molecule has 3 nitrogen and oxygen atoms in total. The molecule has 1 aliphatic heterocycles. The summed E-state index contributed by atoms with van der Waals surface area (Å²) in [6.45, 7) is 7.84. The smallest absolute Gasteiger partial charge is 0.263 e. The van der Waals surface area contributed by atoms with E-state index in [4.69, 9.17) is 4.74 Å². The van der Waals surface area contributed by atoms with Crippen molar-refractivity contribution >= 4 is 21.8 Å². The molecule has 4 heteroatoms. The van der Waals surface area contributed by atoms with Gasteiger partial charge in [-0.05, 0) is 55.9 Å². The van der Waals surface area contributed by atoms with Gasteiger partial charge in [-0.15, -0.1) is 0 Å². The number of carbonyl (C=O) groups excluding carboxylic acids is 1. The molecule has 1 aromatic carbocycles. The molecule has 0 N–H and O–H groups in total. The number of carbonyl (C=O) groups is 1. The average Bonchev–Trinajstić information content (AvgIpc) is 2.49. The van der Waals surface area contributed by atoms with E-state index in [2.05, 4.69) is 35.8 Å². The highest BCUT2D eigenvalue weighted by atomic mass is 79.9. The van der Waals surface area contributed by atoms with Gasteiger partial charge in [0.1, 0.15) is 5.75 Å². The Kier molecular flexibility index (Phi) is 5.68. The Labute approximate surface area is 135 Å². The standard InChI is InChI=1S/C17H24BrNO2/c1-12(2)15-11-14(18)7-8-16(15)21-13(3)17(20)19-9-5-4-6-10-19/h7-8,11-13H,4-6,9-10H2,1-3H3. The third-order valence-electron chi connectivity index (χ3n) is 3.91. The SMILES string of the molecule is CC(Oc1ccc(Br)cc1C(C)C)C(=O)N1CCCCC1. The minimum Gasteiger partial charge on any atom is -0.481 e. The van der Waals surface area contributed by atoms with Crippen LogP contribution in [0.1, 0.15) is 51.5 Å². The highest BCUT2D eigenvalue weighted by Gasteiger charge is 2.24. The lowest BCUT2D eigenvalue weighted by Gasteiger charge is -2.29. The van der Waals surface area contributed by atoms with Gasteiger partial charge in [-0.3, -0.25) is 4.79 Å². The summed E-state index contributed by atoms with van der Waals surface area (Å²) in [5, 5.41) is 0. The molecular weight excluding hydrogens is 330 g/mol. The van der Waals surface area contributed by atoms with Crippen LogP contribution in [-0.4, -0.2) is 30.0 Å². The van der Waals surface area contributed by atoms with Crippen molar-refractivity contribution in [2.24, 2.45) is 0 Å². The Morgan fingerprint density at radius 2 is 1.86 bits per heavy atom. The van der Waals surface area contributed by atoms with Crippen LogP contribution in [0.15, 0.2) is 22.7 Å². The van der Waals surface area contributed by atoms with Gasteiger partial charge in [0.25, 0.3) is 5.91 Å². The van der Waals surface area contributed by atoms with Gasteiger partial charge in [0.2, 0.25) is 0 Å². The number of hydrogen-bond acceptors (Lipinski definition) is 2. The minimum absolute atomic E-state index is 0.104. The molecule has 1 unspecified atom stereocenters. The number of amides is 1. The number of nitrogens with zero attached hydrogens (tertiary/aromatic N) is 1. The summed E-state index contributed by atoms with van der Waals surface area (Å²) in [5.41, 5.74) is 1.13. The molecule has 1 aromatic rings. The summed E-state index contributed by atoms with van der Waals surface area (Å²) in [6, 6.07) is 5.97. The fourth-order valence-electron chi connectivity index (χ4n) is 2.69. The molecule has 0 bridgehead atoms. The number of benzene rings is 1. The van der Waals surface area contributed by atoms with Crippen molar-refractivity contribution in [1.82, 2.24) is 4.90 Å². The second kappa shape index (κ2) is 7.30. The van der Waals surface area contributed by atoms with Crippen molar-refractivity contribution < 1.29 is 9.53 Å². The van der Waals surface area contributed by atoms with Gasteiger partial charge < -0.3 is 9.64 Å². The first-order valence-corrected chi connectivity index (χ1v) is 8.53. The first-order chi connectivity index (χ1) is 9.99. The van der Waals surface area contributed by atoms with Gasteiger partial charge in [0.05, 0.1) is 0 Å². The van der Waals surface area contributed by atoms with E-state index in [1.54, 1.807) is 0 Å². The van der Waals surface area contributed by atoms with Gasteiger partial charge in [-0.1, -0.05) is 29.8 Å². The van der Waals surface area contributed by atoms with Crippen molar-refractivity contribution in [1.29, 1.82) is 0 Å². The molecule has 116 valence electrons. The van der Waals surface area contributed by atoms with Crippen LogP contribution in [0.5, 0.6) is 5.75 Å². The van der Waals surface area contributed by atoms with Crippen molar-refractivity contribution in [3.05, 3.63) is 28.2 Å². The number of likely N-dealkylation sites (tertiary alicyclic amines) is 1. The molecule has 0 aromatic heterocycles. The molecule has 1 fully saturated rings. The van der Waals surface area contributed by atoms with Crippen LogP contribution in [0.25, 0.3) is 0 Å². The summed E-state index contributed by atoms with van der Waals surface area (Å²) in [7, 11) is 0. The van der Waals surface area contributed by atoms with Crippen LogP contribution < -0.4 is 4.74 Å². The Morgan fingerprint density at radius 3 is 2.48 bits per heavy atom. The van der Waals surface area contributed by atoms with E-state index in [1.165, 1.54) is 6.42 Å². The molecule has 1 atom stereocenters. The molecule has 2 rings (SSSR count). The highest BCUT2D eigenvalue weighted by Crippen LogP contribution is 2.30. The largest absolute Gasteiger partial charge is 0.481 e. The van der Waals surface area contributed by atoms with Gasteiger partial charge in [-0.2, -0.15) is 0 Å². The predicted molar refractivity (Wildman–Crippen MR) is 88.8 cm³/mol.